The predicted octanol–water partition coefficient (Wildman–Crippen LogP) is -0.957. The molecule has 0 aliphatic carbocycles. The fourth-order valence-corrected chi connectivity index (χ4v) is 1.16. The molecule has 0 aromatic carbocycles. The molecule has 0 rings (SSSR count). The van der Waals surface area contributed by atoms with Gasteiger partial charge in [0.05, 0.1) is 19.8 Å². The topological polar surface area (TPSA) is 134 Å². The van der Waals surface area contributed by atoms with Gasteiger partial charge in [0, 0.05) is 0 Å². The Kier molecular flexibility index (Phi) is 15.1. The fourth-order valence-electron chi connectivity index (χ4n) is 0.464. The third kappa shape index (κ3) is 16.5. The van der Waals surface area contributed by atoms with Crippen molar-refractivity contribution in [3.8, 4) is 0 Å². The molecule has 10 heteroatoms. The molecule has 0 heterocycles. The van der Waals surface area contributed by atoms with Crippen molar-refractivity contribution in [1.82, 2.24) is 0 Å². The SMILES string of the molecule is CCC(COS(=O)O)OS(=O)O.OCCO. The van der Waals surface area contributed by atoms with Crippen LogP contribution in [0.25, 0.3) is 0 Å². The summed E-state index contributed by atoms with van der Waals surface area (Å²) in [6, 6.07) is 0. The van der Waals surface area contributed by atoms with Gasteiger partial charge in [-0.25, -0.2) is 0 Å². The van der Waals surface area contributed by atoms with Crippen molar-refractivity contribution in [3.05, 3.63) is 0 Å². The molecule has 0 saturated heterocycles. The highest BCUT2D eigenvalue weighted by Gasteiger charge is 2.11. The standard InChI is InChI=1S/C4H10O6S2.C2H6O2/c1-2-4(10-12(7)8)3-9-11(5)6;3-1-2-4/h4H,2-3H2,1H3,(H,5,6)(H,7,8);3-4H,1-2H2. The molecular formula is C6H16O8S2. The molecule has 0 amide bonds. The van der Waals surface area contributed by atoms with Crippen LogP contribution in [0.1, 0.15) is 13.3 Å². The zero-order chi connectivity index (χ0) is 13.0. The highest BCUT2D eigenvalue weighted by atomic mass is 32.2. The Hall–Kier alpha value is 0.0600. The van der Waals surface area contributed by atoms with E-state index in [1.807, 2.05) is 0 Å². The quantitative estimate of drug-likeness (QED) is 0.438. The van der Waals surface area contributed by atoms with Crippen molar-refractivity contribution >= 4 is 22.7 Å². The van der Waals surface area contributed by atoms with E-state index in [1.165, 1.54) is 0 Å². The maximum Gasteiger partial charge on any atom is 0.302 e. The summed E-state index contributed by atoms with van der Waals surface area (Å²) in [5.74, 6) is 0. The molecule has 0 aliphatic heterocycles. The highest BCUT2D eigenvalue weighted by molar-refractivity contribution is 7.74. The van der Waals surface area contributed by atoms with E-state index >= 15 is 0 Å². The number of rotatable bonds is 7. The van der Waals surface area contributed by atoms with E-state index in [9.17, 15) is 8.42 Å². The second-order valence-corrected chi connectivity index (χ2v) is 3.59. The molecule has 0 aromatic heterocycles. The molecule has 0 radical (unpaired) electrons. The summed E-state index contributed by atoms with van der Waals surface area (Å²) in [4.78, 5) is 0. The number of hydrogen-bond donors (Lipinski definition) is 4. The molecule has 0 bridgehead atoms. The predicted molar refractivity (Wildman–Crippen MR) is 56.8 cm³/mol. The number of aliphatic hydroxyl groups excluding tert-OH is 2. The van der Waals surface area contributed by atoms with Crippen LogP contribution in [-0.4, -0.2) is 53.7 Å². The van der Waals surface area contributed by atoms with Crippen LogP contribution in [0, 0.1) is 0 Å². The van der Waals surface area contributed by atoms with E-state index in [0.29, 0.717) is 6.42 Å². The van der Waals surface area contributed by atoms with Crippen LogP contribution >= 0.6 is 0 Å². The van der Waals surface area contributed by atoms with E-state index in [2.05, 4.69) is 8.37 Å². The Labute approximate surface area is 98.6 Å². The van der Waals surface area contributed by atoms with Crippen molar-refractivity contribution in [2.75, 3.05) is 19.8 Å². The van der Waals surface area contributed by atoms with Crippen LogP contribution in [-0.2, 0) is 31.1 Å². The summed E-state index contributed by atoms with van der Waals surface area (Å²) < 4.78 is 45.2. The molecule has 3 atom stereocenters. The van der Waals surface area contributed by atoms with E-state index in [-0.39, 0.29) is 19.8 Å². The van der Waals surface area contributed by atoms with Gasteiger partial charge in [0.25, 0.3) is 0 Å². The van der Waals surface area contributed by atoms with Crippen molar-refractivity contribution in [1.29, 1.82) is 0 Å². The number of hydrogen-bond acceptors (Lipinski definition) is 6. The lowest BCUT2D eigenvalue weighted by molar-refractivity contribution is 0.130. The summed E-state index contributed by atoms with van der Waals surface area (Å²) >= 11 is -4.73. The van der Waals surface area contributed by atoms with Gasteiger partial charge in [0.2, 0.25) is 0 Å². The van der Waals surface area contributed by atoms with Gasteiger partial charge in [-0.05, 0) is 6.42 Å². The first-order valence-electron chi connectivity index (χ1n) is 4.21. The summed E-state index contributed by atoms with van der Waals surface area (Å²) in [6.45, 7) is 1.26. The lowest BCUT2D eigenvalue weighted by Crippen LogP contribution is -2.20. The minimum atomic E-state index is -2.37. The van der Waals surface area contributed by atoms with Gasteiger partial charge < -0.3 is 10.2 Å². The zero-order valence-electron chi connectivity index (χ0n) is 8.64. The molecule has 0 aromatic rings. The van der Waals surface area contributed by atoms with Gasteiger partial charge in [-0.15, -0.1) is 0 Å². The molecule has 4 N–H and O–H groups in total. The molecule has 16 heavy (non-hydrogen) atoms. The van der Waals surface area contributed by atoms with Gasteiger partial charge in [-0.1, -0.05) is 6.92 Å². The van der Waals surface area contributed by atoms with E-state index < -0.39 is 28.8 Å². The molecule has 100 valence electrons. The zero-order valence-corrected chi connectivity index (χ0v) is 10.3. The normalized spacial score (nSPS) is 15.8. The Balaban J connectivity index is 0. The first-order chi connectivity index (χ1) is 7.47. The highest BCUT2D eigenvalue weighted by Crippen LogP contribution is 2.01. The Morgan fingerprint density at radius 1 is 1.12 bits per heavy atom. The average Bonchev–Trinajstić information content (AvgIpc) is 2.23. The van der Waals surface area contributed by atoms with Crippen LogP contribution < -0.4 is 0 Å². The third-order valence-electron chi connectivity index (χ3n) is 1.13. The molecule has 8 nitrogen and oxygen atoms in total. The first kappa shape index (κ1) is 18.4. The molecule has 0 spiro atoms. The van der Waals surface area contributed by atoms with Gasteiger partial charge in [-0.3, -0.25) is 17.5 Å². The lowest BCUT2D eigenvalue weighted by atomic mass is 10.3. The molecule has 0 fully saturated rings. The monoisotopic (exact) mass is 280 g/mol. The molecular weight excluding hydrogens is 264 g/mol. The first-order valence-corrected chi connectivity index (χ1v) is 6.28. The van der Waals surface area contributed by atoms with Gasteiger partial charge in [0.1, 0.15) is 6.10 Å². The van der Waals surface area contributed by atoms with Gasteiger partial charge >= 0.3 is 22.7 Å². The Morgan fingerprint density at radius 3 is 1.88 bits per heavy atom. The van der Waals surface area contributed by atoms with Crippen LogP contribution in [0.5, 0.6) is 0 Å². The van der Waals surface area contributed by atoms with Gasteiger partial charge in [-0.2, -0.15) is 8.42 Å². The summed E-state index contributed by atoms with van der Waals surface area (Å²) in [5, 5.41) is 15.2. The number of aliphatic hydroxyl groups is 2. The van der Waals surface area contributed by atoms with Crippen molar-refractivity contribution < 1.29 is 36.1 Å². The maximum atomic E-state index is 10.1. The maximum absolute atomic E-state index is 10.1. The second kappa shape index (κ2) is 13.1. The van der Waals surface area contributed by atoms with Crippen LogP contribution in [0.4, 0.5) is 0 Å². The molecule has 0 aliphatic rings. The lowest BCUT2D eigenvalue weighted by Gasteiger charge is -2.10. The largest absolute Gasteiger partial charge is 0.394 e. The average molecular weight is 280 g/mol. The summed E-state index contributed by atoms with van der Waals surface area (Å²) in [6.07, 6.45) is -0.226. The summed E-state index contributed by atoms with van der Waals surface area (Å²) in [7, 11) is 0. The fraction of sp³-hybridized carbons (Fsp3) is 1.00. The van der Waals surface area contributed by atoms with Gasteiger partial charge in [0.15, 0.2) is 0 Å². The van der Waals surface area contributed by atoms with Crippen molar-refractivity contribution in [3.63, 3.8) is 0 Å². The Bertz CT molecular complexity index is 197. The second-order valence-electron chi connectivity index (χ2n) is 2.29. The van der Waals surface area contributed by atoms with E-state index in [4.69, 9.17) is 19.3 Å². The minimum Gasteiger partial charge on any atom is -0.394 e. The van der Waals surface area contributed by atoms with Crippen LogP contribution in [0.15, 0.2) is 0 Å². The minimum absolute atomic E-state index is 0.125. The van der Waals surface area contributed by atoms with E-state index in [0.717, 1.165) is 0 Å². The molecule has 0 saturated carbocycles. The smallest absolute Gasteiger partial charge is 0.302 e. The Morgan fingerprint density at radius 2 is 1.62 bits per heavy atom. The van der Waals surface area contributed by atoms with Crippen molar-refractivity contribution in [2.24, 2.45) is 0 Å². The van der Waals surface area contributed by atoms with Crippen LogP contribution in [0.3, 0.4) is 0 Å². The third-order valence-corrected chi connectivity index (χ3v) is 1.90. The molecule has 3 unspecified atom stereocenters. The van der Waals surface area contributed by atoms with E-state index in [1.54, 1.807) is 6.92 Å². The summed E-state index contributed by atoms with van der Waals surface area (Å²) in [5.41, 5.74) is 0. The van der Waals surface area contributed by atoms with Crippen molar-refractivity contribution in [2.45, 2.75) is 19.4 Å². The van der Waals surface area contributed by atoms with Crippen LogP contribution in [0.2, 0.25) is 0 Å².